The number of Topliss-reactive ketones (excluding diaryl/α,β-unsaturated/α-hetero) is 1. The molecule has 2 saturated carbocycles. The van der Waals surface area contributed by atoms with E-state index in [2.05, 4.69) is 13.0 Å². The molecular formula is C25H42O5S. The number of aliphatic carboxylic acids is 1. The fourth-order valence-electron chi connectivity index (χ4n) is 5.37. The first-order valence-electron chi connectivity index (χ1n) is 12.3. The molecule has 5 atom stereocenters. The van der Waals surface area contributed by atoms with Gasteiger partial charge < -0.3 is 15.3 Å². The molecule has 0 unspecified atom stereocenters. The molecule has 0 bridgehead atoms. The second-order valence-electron chi connectivity index (χ2n) is 9.42. The third-order valence-electron chi connectivity index (χ3n) is 7.14. The van der Waals surface area contributed by atoms with E-state index in [1.165, 1.54) is 0 Å². The van der Waals surface area contributed by atoms with E-state index in [1.54, 1.807) is 11.8 Å². The van der Waals surface area contributed by atoms with Gasteiger partial charge in [0.1, 0.15) is 5.78 Å². The first-order valence-corrected chi connectivity index (χ1v) is 13.3. The highest BCUT2D eigenvalue weighted by molar-refractivity contribution is 8.00. The van der Waals surface area contributed by atoms with Gasteiger partial charge in [-0.1, -0.05) is 51.2 Å². The predicted octanol–water partition coefficient (Wildman–Crippen LogP) is 4.99. The zero-order valence-corrected chi connectivity index (χ0v) is 20.0. The maximum atomic E-state index is 12.8. The number of thioether (sulfide) groups is 1. The second kappa shape index (κ2) is 13.6. The molecule has 5 nitrogen and oxygen atoms in total. The number of ketones is 1. The highest BCUT2D eigenvalue weighted by Gasteiger charge is 2.43. The van der Waals surface area contributed by atoms with Crippen LogP contribution in [-0.4, -0.2) is 50.3 Å². The SMILES string of the molecule is CCCC[C@@H]1CCC[C@@]1(O)C=C[C@H]1[C@H](SCCO)CC(=O)[C@@H]1CCCCCCC(=O)O. The molecule has 178 valence electrons. The molecular weight excluding hydrogens is 412 g/mol. The Bertz CT molecular complexity index is 592. The molecule has 0 aromatic rings. The van der Waals surface area contributed by atoms with Crippen molar-refractivity contribution in [3.05, 3.63) is 12.2 Å². The molecule has 0 radical (unpaired) electrons. The topological polar surface area (TPSA) is 94.8 Å². The largest absolute Gasteiger partial charge is 0.481 e. The third kappa shape index (κ3) is 8.21. The van der Waals surface area contributed by atoms with E-state index in [0.29, 0.717) is 30.3 Å². The van der Waals surface area contributed by atoms with E-state index in [4.69, 9.17) is 5.11 Å². The summed E-state index contributed by atoms with van der Waals surface area (Å²) >= 11 is 1.68. The van der Waals surface area contributed by atoms with Crippen LogP contribution in [0.1, 0.15) is 90.4 Å². The number of carboxylic acid groups (broad SMARTS) is 1. The van der Waals surface area contributed by atoms with Crippen molar-refractivity contribution in [3.8, 4) is 0 Å². The monoisotopic (exact) mass is 454 g/mol. The minimum atomic E-state index is -0.748. The molecule has 2 aliphatic carbocycles. The van der Waals surface area contributed by atoms with Crippen LogP contribution in [0.25, 0.3) is 0 Å². The van der Waals surface area contributed by atoms with Crippen LogP contribution >= 0.6 is 11.8 Å². The Morgan fingerprint density at radius 2 is 1.97 bits per heavy atom. The predicted molar refractivity (Wildman–Crippen MR) is 126 cm³/mol. The minimum Gasteiger partial charge on any atom is -0.481 e. The van der Waals surface area contributed by atoms with Gasteiger partial charge >= 0.3 is 5.97 Å². The molecule has 0 aromatic carbocycles. The van der Waals surface area contributed by atoms with Crippen molar-refractivity contribution >= 4 is 23.5 Å². The number of carboxylic acids is 1. The first-order chi connectivity index (χ1) is 14.9. The Hall–Kier alpha value is -0.850. The smallest absolute Gasteiger partial charge is 0.303 e. The summed E-state index contributed by atoms with van der Waals surface area (Å²) in [4.78, 5) is 23.4. The van der Waals surface area contributed by atoms with Crippen molar-refractivity contribution in [3.63, 3.8) is 0 Å². The number of carbonyl (C=O) groups is 2. The molecule has 3 N–H and O–H groups in total. The highest BCUT2D eigenvalue weighted by Crippen LogP contribution is 2.44. The summed E-state index contributed by atoms with van der Waals surface area (Å²) < 4.78 is 0. The molecule has 0 spiro atoms. The van der Waals surface area contributed by atoms with Crippen LogP contribution in [0.15, 0.2) is 12.2 Å². The number of carbonyl (C=O) groups excluding carboxylic acids is 1. The molecule has 2 fully saturated rings. The van der Waals surface area contributed by atoms with Gasteiger partial charge in [0.15, 0.2) is 0 Å². The van der Waals surface area contributed by atoms with Crippen LogP contribution < -0.4 is 0 Å². The summed E-state index contributed by atoms with van der Waals surface area (Å²) in [5.41, 5.74) is -0.742. The molecule has 0 heterocycles. The van der Waals surface area contributed by atoms with Gasteiger partial charge in [0, 0.05) is 29.8 Å². The minimum absolute atomic E-state index is 0.0222. The van der Waals surface area contributed by atoms with E-state index in [-0.39, 0.29) is 30.1 Å². The van der Waals surface area contributed by atoms with Gasteiger partial charge in [-0.2, -0.15) is 11.8 Å². The Morgan fingerprint density at radius 1 is 1.19 bits per heavy atom. The van der Waals surface area contributed by atoms with Gasteiger partial charge in [-0.25, -0.2) is 0 Å². The lowest BCUT2D eigenvalue weighted by Gasteiger charge is -2.28. The maximum absolute atomic E-state index is 12.8. The average molecular weight is 455 g/mol. The van der Waals surface area contributed by atoms with Crippen molar-refractivity contribution in [2.24, 2.45) is 17.8 Å². The summed E-state index contributed by atoms with van der Waals surface area (Å²) in [6, 6.07) is 0. The fraction of sp³-hybridized carbons (Fsp3) is 0.840. The van der Waals surface area contributed by atoms with Crippen molar-refractivity contribution in [2.75, 3.05) is 12.4 Å². The molecule has 0 amide bonds. The van der Waals surface area contributed by atoms with Crippen molar-refractivity contribution < 1.29 is 24.9 Å². The van der Waals surface area contributed by atoms with E-state index in [1.807, 2.05) is 6.08 Å². The Kier molecular flexibility index (Phi) is 11.6. The van der Waals surface area contributed by atoms with Crippen molar-refractivity contribution in [2.45, 2.75) is 101 Å². The Labute approximate surface area is 192 Å². The number of hydrogen-bond acceptors (Lipinski definition) is 5. The summed E-state index contributed by atoms with van der Waals surface area (Å²) in [7, 11) is 0. The average Bonchev–Trinajstić information content (AvgIpc) is 3.25. The number of aliphatic hydroxyl groups excluding tert-OH is 1. The van der Waals surface area contributed by atoms with Gasteiger partial charge in [0.2, 0.25) is 0 Å². The van der Waals surface area contributed by atoms with Crippen LogP contribution in [0.2, 0.25) is 0 Å². The number of unbranched alkanes of at least 4 members (excludes halogenated alkanes) is 4. The highest BCUT2D eigenvalue weighted by atomic mass is 32.2. The van der Waals surface area contributed by atoms with Crippen LogP contribution in [0.4, 0.5) is 0 Å². The molecule has 2 aliphatic rings. The van der Waals surface area contributed by atoms with E-state index in [9.17, 15) is 19.8 Å². The number of rotatable bonds is 15. The van der Waals surface area contributed by atoms with Gasteiger partial charge in [0.25, 0.3) is 0 Å². The Balaban J connectivity index is 2.00. The summed E-state index contributed by atoms with van der Waals surface area (Å²) in [6.45, 7) is 2.30. The third-order valence-corrected chi connectivity index (χ3v) is 8.47. The van der Waals surface area contributed by atoms with E-state index >= 15 is 0 Å². The molecule has 0 aliphatic heterocycles. The van der Waals surface area contributed by atoms with Gasteiger partial charge in [-0.05, 0) is 50.4 Å². The standard InChI is InChI=1S/C25H42O5S/c1-2-3-9-19-10-8-14-25(19,30)15-13-21-20(11-6-4-5-7-12-24(28)29)22(27)18-23(21)31-17-16-26/h13,15,19-21,23,26,30H,2-12,14,16-18H2,1H3,(H,28,29)/t19-,20-,21-,23-,25-/m1/s1. The maximum Gasteiger partial charge on any atom is 0.303 e. The lowest BCUT2D eigenvalue weighted by molar-refractivity contribution is -0.137. The zero-order chi connectivity index (χ0) is 22.7. The zero-order valence-electron chi connectivity index (χ0n) is 19.1. The molecule has 2 rings (SSSR count). The number of hydrogen-bond donors (Lipinski definition) is 3. The van der Waals surface area contributed by atoms with Crippen LogP contribution in [0.3, 0.4) is 0 Å². The van der Waals surface area contributed by atoms with E-state index < -0.39 is 11.6 Å². The summed E-state index contributed by atoms with van der Waals surface area (Å²) in [6.07, 6.45) is 15.5. The molecule has 31 heavy (non-hydrogen) atoms. The summed E-state index contributed by atoms with van der Waals surface area (Å²) in [5.74, 6) is 0.592. The molecule has 6 heteroatoms. The van der Waals surface area contributed by atoms with Gasteiger partial charge in [-0.3, -0.25) is 9.59 Å². The van der Waals surface area contributed by atoms with Crippen LogP contribution in [0, 0.1) is 17.8 Å². The summed E-state index contributed by atoms with van der Waals surface area (Å²) in [5, 5.41) is 29.5. The Morgan fingerprint density at radius 3 is 2.68 bits per heavy atom. The number of aliphatic hydroxyl groups is 2. The van der Waals surface area contributed by atoms with Gasteiger partial charge in [0.05, 0.1) is 12.2 Å². The second-order valence-corrected chi connectivity index (χ2v) is 10.8. The fourth-order valence-corrected chi connectivity index (χ4v) is 6.56. The van der Waals surface area contributed by atoms with Crippen molar-refractivity contribution in [1.82, 2.24) is 0 Å². The lowest BCUT2D eigenvalue weighted by atomic mass is 9.83. The van der Waals surface area contributed by atoms with E-state index in [0.717, 1.165) is 64.2 Å². The molecule has 0 saturated heterocycles. The van der Waals surface area contributed by atoms with Crippen LogP contribution in [-0.2, 0) is 9.59 Å². The number of allylic oxidation sites excluding steroid dienone is 1. The quantitative estimate of drug-likeness (QED) is 0.238. The molecule has 0 aromatic heterocycles. The van der Waals surface area contributed by atoms with Crippen LogP contribution in [0.5, 0.6) is 0 Å². The first kappa shape index (κ1) is 26.4. The lowest BCUT2D eigenvalue weighted by Crippen LogP contribution is -2.31. The van der Waals surface area contributed by atoms with Gasteiger partial charge in [-0.15, -0.1) is 0 Å². The van der Waals surface area contributed by atoms with Crippen molar-refractivity contribution in [1.29, 1.82) is 0 Å². The normalized spacial score (nSPS) is 31.1.